The van der Waals surface area contributed by atoms with Crippen LogP contribution in [-0.4, -0.2) is 44.2 Å². The topological polar surface area (TPSA) is 75.4 Å². The number of benzene rings is 1. The fraction of sp³-hybridized carbons (Fsp3) is 0.435. The lowest BCUT2D eigenvalue weighted by Gasteiger charge is -2.38. The van der Waals surface area contributed by atoms with Crippen LogP contribution in [-0.2, 0) is 11.3 Å². The van der Waals surface area contributed by atoms with Crippen molar-refractivity contribution in [2.75, 3.05) is 13.1 Å². The molecule has 30 heavy (non-hydrogen) atoms. The summed E-state index contributed by atoms with van der Waals surface area (Å²) in [4.78, 5) is 31.7. The predicted molar refractivity (Wildman–Crippen MR) is 119 cm³/mol. The summed E-state index contributed by atoms with van der Waals surface area (Å²) < 4.78 is 2.13. The van der Waals surface area contributed by atoms with Crippen LogP contribution < -0.4 is 5.56 Å². The van der Waals surface area contributed by atoms with Crippen molar-refractivity contribution in [1.82, 2.24) is 14.5 Å². The van der Waals surface area contributed by atoms with Gasteiger partial charge in [0.15, 0.2) is 0 Å². The first-order valence-corrected chi connectivity index (χ1v) is 11.2. The lowest BCUT2D eigenvalue weighted by atomic mass is 9.90. The van der Waals surface area contributed by atoms with Gasteiger partial charge in [-0.05, 0) is 42.2 Å². The van der Waals surface area contributed by atoms with Gasteiger partial charge in [-0.3, -0.25) is 14.2 Å². The Morgan fingerprint density at radius 1 is 1.27 bits per heavy atom. The highest BCUT2D eigenvalue weighted by Gasteiger charge is 2.35. The van der Waals surface area contributed by atoms with Gasteiger partial charge in [-0.25, -0.2) is 4.98 Å². The number of thiophene rings is 1. The Morgan fingerprint density at radius 2 is 1.97 bits per heavy atom. The lowest BCUT2D eigenvalue weighted by Crippen LogP contribution is -2.49. The number of likely N-dealkylation sites (tertiary alicyclic amines) is 1. The zero-order valence-corrected chi connectivity index (χ0v) is 18.2. The molecule has 4 rings (SSSR count). The first-order chi connectivity index (χ1) is 14.4. The van der Waals surface area contributed by atoms with Gasteiger partial charge in [0.2, 0.25) is 5.91 Å². The van der Waals surface area contributed by atoms with Crippen LogP contribution in [0.4, 0.5) is 0 Å². The van der Waals surface area contributed by atoms with Crippen molar-refractivity contribution < 1.29 is 9.90 Å². The molecule has 1 N–H and O–H groups in total. The van der Waals surface area contributed by atoms with Crippen molar-refractivity contribution in [1.29, 1.82) is 0 Å². The number of carbonyl (C=O) groups excluding carboxylic acids is 1. The zero-order chi connectivity index (χ0) is 21.3. The standard InChI is InChI=1S/C23H27N3O3S/c1-16(18-6-4-3-5-7-18)12-19(27)25-10-8-23(29,9-11-25)14-26-15-24-20-17(2)13-30-21(20)22(26)28/h3-7,13,15-16,29H,8-12,14H2,1-2H3/t16-/m1/s1. The van der Waals surface area contributed by atoms with E-state index >= 15 is 0 Å². The number of hydrogen-bond donors (Lipinski definition) is 1. The summed E-state index contributed by atoms with van der Waals surface area (Å²) in [7, 11) is 0. The molecule has 7 heteroatoms. The molecular weight excluding hydrogens is 398 g/mol. The van der Waals surface area contributed by atoms with Crippen LogP contribution in [0.15, 0.2) is 46.8 Å². The van der Waals surface area contributed by atoms with Gasteiger partial charge in [0.05, 0.1) is 24.0 Å². The number of carbonyl (C=O) groups is 1. The number of amides is 1. The quantitative estimate of drug-likeness (QED) is 0.681. The van der Waals surface area contributed by atoms with Crippen molar-refractivity contribution in [3.63, 3.8) is 0 Å². The first kappa shape index (κ1) is 20.8. The third-order valence-corrected chi connectivity index (χ3v) is 7.16. The summed E-state index contributed by atoms with van der Waals surface area (Å²) >= 11 is 1.39. The Kier molecular flexibility index (Phi) is 5.75. The van der Waals surface area contributed by atoms with Crippen LogP contribution in [0.1, 0.15) is 43.2 Å². The van der Waals surface area contributed by atoms with Crippen molar-refractivity contribution in [3.05, 3.63) is 63.5 Å². The van der Waals surface area contributed by atoms with E-state index in [0.29, 0.717) is 37.1 Å². The Hall–Kier alpha value is -2.51. The summed E-state index contributed by atoms with van der Waals surface area (Å²) in [5.41, 5.74) is 1.77. The van der Waals surface area contributed by atoms with E-state index in [9.17, 15) is 14.7 Å². The average Bonchev–Trinajstić information content (AvgIpc) is 3.12. The SMILES string of the molecule is Cc1csc2c(=O)n(CC3(O)CCN(C(=O)C[C@@H](C)c4ccccc4)CC3)cnc12. The number of nitrogens with zero attached hydrogens (tertiary/aromatic N) is 3. The first-order valence-electron chi connectivity index (χ1n) is 10.3. The van der Waals surface area contributed by atoms with Crippen LogP contribution in [0.25, 0.3) is 10.2 Å². The minimum absolute atomic E-state index is 0.110. The molecule has 1 saturated heterocycles. The van der Waals surface area contributed by atoms with Crippen LogP contribution in [0.5, 0.6) is 0 Å². The number of aliphatic hydroxyl groups is 1. The fourth-order valence-electron chi connectivity index (χ4n) is 4.11. The summed E-state index contributed by atoms with van der Waals surface area (Å²) in [5, 5.41) is 13.0. The molecule has 1 amide bonds. The van der Waals surface area contributed by atoms with Crippen molar-refractivity contribution in [2.45, 2.75) is 51.2 Å². The molecule has 0 radical (unpaired) electrons. The van der Waals surface area contributed by atoms with Gasteiger partial charge < -0.3 is 10.0 Å². The van der Waals surface area contributed by atoms with Crippen molar-refractivity contribution >= 4 is 27.5 Å². The van der Waals surface area contributed by atoms with Gasteiger partial charge in [-0.15, -0.1) is 11.3 Å². The number of aryl methyl sites for hydroxylation is 1. The van der Waals surface area contributed by atoms with E-state index in [1.165, 1.54) is 22.2 Å². The molecule has 158 valence electrons. The Morgan fingerprint density at radius 3 is 2.67 bits per heavy atom. The molecule has 1 atom stereocenters. The monoisotopic (exact) mass is 425 g/mol. The molecule has 0 saturated carbocycles. The molecule has 0 spiro atoms. The van der Waals surface area contributed by atoms with Gasteiger partial charge in [-0.2, -0.15) is 0 Å². The molecule has 3 heterocycles. The fourth-order valence-corrected chi connectivity index (χ4v) is 5.06. The highest BCUT2D eigenvalue weighted by Crippen LogP contribution is 2.27. The van der Waals surface area contributed by atoms with Crippen molar-refractivity contribution in [2.24, 2.45) is 0 Å². The average molecular weight is 426 g/mol. The van der Waals surface area contributed by atoms with E-state index in [1.54, 1.807) is 0 Å². The molecular formula is C23H27N3O3S. The summed E-state index contributed by atoms with van der Waals surface area (Å²) in [6.45, 7) is 5.21. The number of aromatic nitrogens is 2. The number of fused-ring (bicyclic) bond motifs is 1. The van der Waals surface area contributed by atoms with E-state index in [1.807, 2.05) is 47.5 Å². The highest BCUT2D eigenvalue weighted by atomic mass is 32.1. The second kappa shape index (κ2) is 8.32. The normalized spacial score (nSPS) is 17.2. The Bertz CT molecular complexity index is 1100. The second-order valence-corrected chi connectivity index (χ2v) is 9.27. The van der Waals surface area contributed by atoms with Crippen LogP contribution in [0.2, 0.25) is 0 Å². The predicted octanol–water partition coefficient (Wildman–Crippen LogP) is 3.31. The third kappa shape index (κ3) is 4.18. The van der Waals surface area contributed by atoms with E-state index in [-0.39, 0.29) is 23.9 Å². The smallest absolute Gasteiger partial charge is 0.271 e. The van der Waals surface area contributed by atoms with Crippen LogP contribution in [0.3, 0.4) is 0 Å². The van der Waals surface area contributed by atoms with Gasteiger partial charge in [0.25, 0.3) is 5.56 Å². The van der Waals surface area contributed by atoms with E-state index in [0.717, 1.165) is 16.6 Å². The molecule has 1 aromatic carbocycles. The van der Waals surface area contributed by atoms with E-state index in [2.05, 4.69) is 11.9 Å². The number of rotatable bonds is 5. The summed E-state index contributed by atoms with van der Waals surface area (Å²) in [6.07, 6.45) is 2.89. The molecule has 1 fully saturated rings. The molecule has 1 aliphatic heterocycles. The van der Waals surface area contributed by atoms with Gasteiger partial charge in [-0.1, -0.05) is 37.3 Å². The van der Waals surface area contributed by atoms with Gasteiger partial charge >= 0.3 is 0 Å². The molecule has 0 unspecified atom stereocenters. The van der Waals surface area contributed by atoms with Crippen molar-refractivity contribution in [3.8, 4) is 0 Å². The van der Waals surface area contributed by atoms with E-state index in [4.69, 9.17) is 0 Å². The maximum absolute atomic E-state index is 12.7. The molecule has 0 bridgehead atoms. The molecule has 2 aromatic heterocycles. The second-order valence-electron chi connectivity index (χ2n) is 8.40. The highest BCUT2D eigenvalue weighted by molar-refractivity contribution is 7.17. The zero-order valence-electron chi connectivity index (χ0n) is 17.4. The van der Waals surface area contributed by atoms with Crippen LogP contribution >= 0.6 is 11.3 Å². The van der Waals surface area contributed by atoms with Gasteiger partial charge in [0, 0.05) is 19.5 Å². The maximum Gasteiger partial charge on any atom is 0.271 e. The molecule has 0 aliphatic carbocycles. The minimum atomic E-state index is -1.01. The molecule has 1 aliphatic rings. The largest absolute Gasteiger partial charge is 0.388 e. The maximum atomic E-state index is 12.7. The van der Waals surface area contributed by atoms with E-state index < -0.39 is 5.60 Å². The van der Waals surface area contributed by atoms with Crippen LogP contribution in [0, 0.1) is 6.92 Å². The minimum Gasteiger partial charge on any atom is -0.388 e. The summed E-state index contributed by atoms with van der Waals surface area (Å²) in [5.74, 6) is 0.271. The number of piperidine rings is 1. The summed E-state index contributed by atoms with van der Waals surface area (Å²) in [6, 6.07) is 10.0. The third-order valence-electron chi connectivity index (χ3n) is 6.08. The molecule has 6 nitrogen and oxygen atoms in total. The number of hydrogen-bond acceptors (Lipinski definition) is 5. The lowest BCUT2D eigenvalue weighted by molar-refractivity contribution is -0.136. The Labute approximate surface area is 179 Å². The Balaban J connectivity index is 1.38. The van der Waals surface area contributed by atoms with Gasteiger partial charge in [0.1, 0.15) is 4.70 Å². The molecule has 3 aromatic rings.